The van der Waals surface area contributed by atoms with E-state index in [2.05, 4.69) is 22.6 Å². The summed E-state index contributed by atoms with van der Waals surface area (Å²) in [6.45, 7) is 2.51. The number of carbonyl (C=O) groups is 1. The smallest absolute Gasteiger partial charge is 0.438 e. The Balaban J connectivity index is 2.30. The number of amides is 1. The third-order valence-electron chi connectivity index (χ3n) is 2.26. The van der Waals surface area contributed by atoms with E-state index >= 15 is 0 Å². The van der Waals surface area contributed by atoms with Crippen molar-refractivity contribution in [1.29, 1.82) is 0 Å². The van der Waals surface area contributed by atoms with E-state index in [1.165, 1.54) is 5.06 Å². The highest BCUT2D eigenvalue weighted by Crippen LogP contribution is 2.33. The molecule has 0 aromatic heterocycles. The van der Waals surface area contributed by atoms with Gasteiger partial charge in [-0.3, -0.25) is 4.84 Å². The minimum Gasteiger partial charge on any atom is -0.448 e. The summed E-state index contributed by atoms with van der Waals surface area (Å²) >= 11 is 2.18. The van der Waals surface area contributed by atoms with E-state index in [1.54, 1.807) is 6.92 Å². The first-order valence-electron chi connectivity index (χ1n) is 5.28. The summed E-state index contributed by atoms with van der Waals surface area (Å²) < 4.78 is 5.94. The molecule has 2 rings (SSSR count). The fourth-order valence-corrected chi connectivity index (χ4v) is 2.23. The Hall–Kier alpha value is -1.08. The van der Waals surface area contributed by atoms with Crippen LogP contribution in [0.3, 0.4) is 0 Å². The normalized spacial score (nSPS) is 15.3. The molecule has 0 saturated heterocycles. The quantitative estimate of drug-likeness (QED) is 0.773. The van der Waals surface area contributed by atoms with Crippen molar-refractivity contribution < 1.29 is 14.4 Å². The SMILES string of the molecule is CCOC(=O)N1OCC(I)=C1c1ccccc1. The monoisotopic (exact) mass is 345 g/mol. The fraction of sp³-hybridized carbons (Fsp3) is 0.250. The molecule has 0 radical (unpaired) electrons. The van der Waals surface area contributed by atoms with Gasteiger partial charge in [-0.1, -0.05) is 30.3 Å². The Morgan fingerprint density at radius 1 is 1.47 bits per heavy atom. The minimum absolute atomic E-state index is 0.331. The van der Waals surface area contributed by atoms with Crippen molar-refractivity contribution in [3.05, 3.63) is 39.5 Å². The van der Waals surface area contributed by atoms with E-state index in [9.17, 15) is 4.79 Å². The maximum Gasteiger partial charge on any atom is 0.438 e. The van der Waals surface area contributed by atoms with Gasteiger partial charge in [0.05, 0.1) is 12.3 Å². The van der Waals surface area contributed by atoms with Gasteiger partial charge in [-0.2, -0.15) is 5.06 Å². The molecule has 0 atom stereocenters. The van der Waals surface area contributed by atoms with Crippen LogP contribution in [0.25, 0.3) is 5.70 Å². The van der Waals surface area contributed by atoms with Gasteiger partial charge in [-0.25, -0.2) is 4.79 Å². The summed E-state index contributed by atoms with van der Waals surface area (Å²) in [6.07, 6.45) is -0.474. The van der Waals surface area contributed by atoms with Crippen LogP contribution >= 0.6 is 22.6 Å². The zero-order chi connectivity index (χ0) is 12.3. The van der Waals surface area contributed by atoms with Crippen LogP contribution in [-0.4, -0.2) is 24.4 Å². The first kappa shape index (κ1) is 12.4. The average Bonchev–Trinajstić information content (AvgIpc) is 2.73. The van der Waals surface area contributed by atoms with Gasteiger partial charge in [0.2, 0.25) is 0 Å². The van der Waals surface area contributed by atoms with E-state index in [0.717, 1.165) is 14.8 Å². The molecule has 90 valence electrons. The minimum atomic E-state index is -0.474. The number of ether oxygens (including phenoxy) is 1. The molecular weight excluding hydrogens is 333 g/mol. The highest BCUT2D eigenvalue weighted by molar-refractivity contribution is 14.1. The van der Waals surface area contributed by atoms with Gasteiger partial charge in [0.25, 0.3) is 0 Å². The van der Waals surface area contributed by atoms with Gasteiger partial charge in [0, 0.05) is 9.14 Å². The van der Waals surface area contributed by atoms with Crippen LogP contribution in [0.2, 0.25) is 0 Å². The van der Waals surface area contributed by atoms with Crippen molar-refractivity contribution in [2.45, 2.75) is 6.92 Å². The topological polar surface area (TPSA) is 38.8 Å². The average molecular weight is 345 g/mol. The third kappa shape index (κ3) is 2.61. The van der Waals surface area contributed by atoms with Gasteiger partial charge in [0.1, 0.15) is 6.61 Å². The molecular formula is C12H12INO3. The highest BCUT2D eigenvalue weighted by atomic mass is 127. The molecule has 1 aliphatic heterocycles. The molecule has 0 unspecified atom stereocenters. The van der Waals surface area contributed by atoms with E-state index in [0.29, 0.717) is 13.2 Å². The van der Waals surface area contributed by atoms with E-state index in [-0.39, 0.29) is 0 Å². The summed E-state index contributed by atoms with van der Waals surface area (Å²) in [4.78, 5) is 17.0. The summed E-state index contributed by atoms with van der Waals surface area (Å²) in [5, 5.41) is 1.22. The fourth-order valence-electron chi connectivity index (χ4n) is 1.56. The second-order valence-corrected chi connectivity index (χ2v) is 4.69. The number of hydrogen-bond acceptors (Lipinski definition) is 3. The number of hydrogen-bond donors (Lipinski definition) is 0. The van der Waals surface area contributed by atoms with Crippen LogP contribution in [-0.2, 0) is 9.57 Å². The van der Waals surface area contributed by atoms with Crippen LogP contribution < -0.4 is 0 Å². The molecule has 0 fully saturated rings. The molecule has 1 aromatic carbocycles. The zero-order valence-corrected chi connectivity index (χ0v) is 11.5. The van der Waals surface area contributed by atoms with Crippen LogP contribution in [0.1, 0.15) is 12.5 Å². The van der Waals surface area contributed by atoms with Crippen molar-refractivity contribution in [2.75, 3.05) is 13.2 Å². The lowest BCUT2D eigenvalue weighted by Crippen LogP contribution is -2.27. The lowest BCUT2D eigenvalue weighted by atomic mass is 10.1. The lowest BCUT2D eigenvalue weighted by molar-refractivity contribution is -0.0665. The predicted molar refractivity (Wildman–Crippen MR) is 72.2 cm³/mol. The zero-order valence-electron chi connectivity index (χ0n) is 9.35. The molecule has 1 aliphatic rings. The number of carbonyl (C=O) groups excluding carboxylic acids is 1. The lowest BCUT2D eigenvalue weighted by Gasteiger charge is -2.17. The molecule has 4 nitrogen and oxygen atoms in total. The van der Waals surface area contributed by atoms with Crippen molar-refractivity contribution >= 4 is 34.4 Å². The third-order valence-corrected chi connectivity index (χ3v) is 3.08. The summed E-state index contributed by atoms with van der Waals surface area (Å²) in [6, 6.07) is 9.66. The Bertz CT molecular complexity index is 444. The second kappa shape index (κ2) is 5.50. The van der Waals surface area contributed by atoms with E-state index in [4.69, 9.17) is 9.57 Å². The van der Waals surface area contributed by atoms with Gasteiger partial charge in [-0.15, -0.1) is 0 Å². The summed E-state index contributed by atoms with van der Waals surface area (Å²) in [5.41, 5.74) is 1.71. The molecule has 5 heteroatoms. The molecule has 0 N–H and O–H groups in total. The number of nitrogens with zero attached hydrogens (tertiary/aromatic N) is 1. The largest absolute Gasteiger partial charge is 0.448 e. The Morgan fingerprint density at radius 2 is 2.18 bits per heavy atom. The van der Waals surface area contributed by atoms with Gasteiger partial charge >= 0.3 is 6.09 Å². The molecule has 0 bridgehead atoms. The summed E-state index contributed by atoms with van der Waals surface area (Å²) in [5.74, 6) is 0. The standard InChI is InChI=1S/C12H12INO3/c1-2-16-12(15)14-11(10(13)8-17-14)9-6-4-3-5-7-9/h3-7H,2,8H2,1H3. The van der Waals surface area contributed by atoms with Crippen LogP contribution in [0.5, 0.6) is 0 Å². The van der Waals surface area contributed by atoms with Gasteiger partial charge < -0.3 is 4.74 Å². The van der Waals surface area contributed by atoms with Crippen molar-refractivity contribution in [3.63, 3.8) is 0 Å². The summed E-state index contributed by atoms with van der Waals surface area (Å²) in [7, 11) is 0. The number of hydroxylamine groups is 2. The van der Waals surface area contributed by atoms with E-state index < -0.39 is 6.09 Å². The molecule has 1 heterocycles. The molecule has 0 saturated carbocycles. The Labute approximate surface area is 113 Å². The molecule has 0 aliphatic carbocycles. The molecule has 1 aromatic rings. The first-order valence-corrected chi connectivity index (χ1v) is 6.35. The van der Waals surface area contributed by atoms with Crippen molar-refractivity contribution in [2.24, 2.45) is 0 Å². The van der Waals surface area contributed by atoms with E-state index in [1.807, 2.05) is 30.3 Å². The first-order chi connectivity index (χ1) is 8.24. The Morgan fingerprint density at radius 3 is 2.82 bits per heavy atom. The van der Waals surface area contributed by atoms with Crippen LogP contribution in [0.15, 0.2) is 33.9 Å². The second-order valence-electron chi connectivity index (χ2n) is 3.39. The van der Waals surface area contributed by atoms with Crippen molar-refractivity contribution in [3.8, 4) is 0 Å². The number of halogens is 1. The molecule has 1 amide bonds. The van der Waals surface area contributed by atoms with Gasteiger partial charge in [-0.05, 0) is 29.5 Å². The number of benzene rings is 1. The number of rotatable bonds is 2. The van der Waals surface area contributed by atoms with Gasteiger partial charge in [0.15, 0.2) is 0 Å². The highest BCUT2D eigenvalue weighted by Gasteiger charge is 2.30. The van der Waals surface area contributed by atoms with Crippen LogP contribution in [0.4, 0.5) is 4.79 Å². The maximum absolute atomic E-state index is 11.7. The van der Waals surface area contributed by atoms with Crippen LogP contribution in [0, 0.1) is 0 Å². The predicted octanol–water partition coefficient (Wildman–Crippen LogP) is 3.19. The Kier molecular flexibility index (Phi) is 4.01. The molecule has 17 heavy (non-hydrogen) atoms. The maximum atomic E-state index is 11.7. The van der Waals surface area contributed by atoms with Crippen molar-refractivity contribution in [1.82, 2.24) is 5.06 Å². The molecule has 0 spiro atoms.